The van der Waals surface area contributed by atoms with Crippen molar-refractivity contribution in [3.63, 3.8) is 0 Å². The van der Waals surface area contributed by atoms with Gasteiger partial charge < -0.3 is 10.6 Å². The van der Waals surface area contributed by atoms with Crippen LogP contribution in [0.25, 0.3) is 0 Å². The molecule has 0 aliphatic heterocycles. The van der Waals surface area contributed by atoms with Crippen LogP contribution in [0.2, 0.25) is 0 Å². The Hall–Kier alpha value is -0.910. The Bertz CT molecular complexity index is 376. The van der Waals surface area contributed by atoms with Gasteiger partial charge in [0, 0.05) is 20.1 Å². The number of carbonyl (C=O) groups excluding carboxylic acids is 1. The molecule has 2 N–H and O–H groups in total. The maximum atomic E-state index is 12.0. The van der Waals surface area contributed by atoms with Crippen molar-refractivity contribution in [2.75, 3.05) is 27.2 Å². The first-order valence-corrected chi connectivity index (χ1v) is 7.63. The summed E-state index contributed by atoms with van der Waals surface area (Å²) < 4.78 is 0. The topological polar surface area (TPSA) is 49.6 Å². The Morgan fingerprint density at radius 2 is 2.16 bits per heavy atom. The lowest BCUT2D eigenvalue weighted by molar-refractivity contribution is -0.130. The molecule has 0 radical (unpaired) electrons. The summed E-state index contributed by atoms with van der Waals surface area (Å²) in [5.41, 5.74) is 7.36. The molecule has 108 valence electrons. The zero-order valence-corrected chi connectivity index (χ0v) is 13.1. The van der Waals surface area contributed by atoms with Gasteiger partial charge in [0.1, 0.15) is 0 Å². The van der Waals surface area contributed by atoms with E-state index in [1.807, 2.05) is 6.92 Å². The van der Waals surface area contributed by atoms with Crippen LogP contribution in [0.15, 0.2) is 16.8 Å². The minimum atomic E-state index is -0.00360. The average Bonchev–Trinajstić information content (AvgIpc) is 2.82. The predicted molar refractivity (Wildman–Crippen MR) is 81.3 cm³/mol. The van der Waals surface area contributed by atoms with Crippen molar-refractivity contribution >= 4 is 17.2 Å². The van der Waals surface area contributed by atoms with E-state index in [4.69, 9.17) is 5.73 Å². The number of nitrogens with zero attached hydrogens (tertiary/aromatic N) is 2. The molecule has 19 heavy (non-hydrogen) atoms. The lowest BCUT2D eigenvalue weighted by Crippen LogP contribution is -2.44. The highest BCUT2D eigenvalue weighted by atomic mass is 32.1. The smallest absolute Gasteiger partial charge is 0.236 e. The molecule has 0 spiro atoms. The van der Waals surface area contributed by atoms with Gasteiger partial charge in [-0.1, -0.05) is 6.92 Å². The van der Waals surface area contributed by atoms with Crippen molar-refractivity contribution in [1.29, 1.82) is 0 Å². The van der Waals surface area contributed by atoms with Gasteiger partial charge in [-0.15, -0.1) is 0 Å². The summed E-state index contributed by atoms with van der Waals surface area (Å²) in [6.07, 6.45) is 1.01. The van der Waals surface area contributed by atoms with E-state index in [0.717, 1.165) is 13.0 Å². The molecule has 1 aromatic heterocycles. The van der Waals surface area contributed by atoms with Gasteiger partial charge in [0.25, 0.3) is 0 Å². The van der Waals surface area contributed by atoms with Crippen LogP contribution in [-0.2, 0) is 4.79 Å². The third kappa shape index (κ3) is 4.60. The molecule has 1 aromatic rings. The molecular weight excluding hydrogens is 258 g/mol. The highest BCUT2D eigenvalue weighted by molar-refractivity contribution is 7.07. The molecular formula is C14H25N3OS. The molecule has 0 bridgehead atoms. The van der Waals surface area contributed by atoms with E-state index in [2.05, 4.69) is 28.7 Å². The van der Waals surface area contributed by atoms with E-state index in [-0.39, 0.29) is 18.0 Å². The molecule has 1 rings (SSSR count). The molecule has 0 saturated carbocycles. The number of hydrogen-bond donors (Lipinski definition) is 1. The molecule has 0 aliphatic rings. The normalized spacial score (nSPS) is 14.4. The van der Waals surface area contributed by atoms with Crippen LogP contribution in [0.4, 0.5) is 0 Å². The largest absolute Gasteiger partial charge is 0.348 e. The fourth-order valence-corrected chi connectivity index (χ4v) is 2.90. The maximum absolute atomic E-state index is 12.0. The van der Waals surface area contributed by atoms with Gasteiger partial charge in [-0.2, -0.15) is 11.3 Å². The standard InChI is InChI=1S/C14H25N3OS/c1-5-7-17(9-13(18)16(3)4)14(11(2)15)12-6-8-19-10-12/h6,8,10-11,14H,5,7,9,15H2,1-4H3. The monoisotopic (exact) mass is 283 g/mol. The molecule has 2 atom stereocenters. The highest BCUT2D eigenvalue weighted by Crippen LogP contribution is 2.25. The van der Waals surface area contributed by atoms with Gasteiger partial charge in [0.2, 0.25) is 5.91 Å². The molecule has 1 heterocycles. The van der Waals surface area contributed by atoms with Gasteiger partial charge in [0.05, 0.1) is 12.6 Å². The van der Waals surface area contributed by atoms with Crippen molar-refractivity contribution in [2.24, 2.45) is 5.73 Å². The van der Waals surface area contributed by atoms with E-state index < -0.39 is 0 Å². The van der Waals surface area contributed by atoms with Crippen LogP contribution in [-0.4, -0.2) is 48.9 Å². The fraction of sp³-hybridized carbons (Fsp3) is 0.643. The second-order valence-corrected chi connectivity index (χ2v) is 5.90. The van der Waals surface area contributed by atoms with E-state index in [1.165, 1.54) is 5.56 Å². The van der Waals surface area contributed by atoms with Gasteiger partial charge in [0.15, 0.2) is 0 Å². The Morgan fingerprint density at radius 1 is 1.47 bits per heavy atom. The molecule has 4 nitrogen and oxygen atoms in total. The number of rotatable bonds is 7. The first kappa shape index (κ1) is 16.1. The number of thiophene rings is 1. The fourth-order valence-electron chi connectivity index (χ4n) is 2.21. The second kappa shape index (κ2) is 7.62. The lowest BCUT2D eigenvalue weighted by atomic mass is 10.0. The van der Waals surface area contributed by atoms with Gasteiger partial charge in [-0.25, -0.2) is 0 Å². The highest BCUT2D eigenvalue weighted by Gasteiger charge is 2.26. The number of nitrogens with two attached hydrogens (primary N) is 1. The molecule has 5 heteroatoms. The SMILES string of the molecule is CCCN(CC(=O)N(C)C)C(c1ccsc1)C(C)N. The van der Waals surface area contributed by atoms with Crippen molar-refractivity contribution in [3.8, 4) is 0 Å². The van der Waals surface area contributed by atoms with Crippen LogP contribution in [0, 0.1) is 0 Å². The molecule has 0 aliphatic carbocycles. The second-order valence-electron chi connectivity index (χ2n) is 5.12. The Kier molecular flexibility index (Phi) is 6.48. The zero-order chi connectivity index (χ0) is 14.4. The number of amides is 1. The van der Waals surface area contributed by atoms with Crippen LogP contribution in [0.3, 0.4) is 0 Å². The van der Waals surface area contributed by atoms with Crippen molar-refractivity contribution in [3.05, 3.63) is 22.4 Å². The third-order valence-electron chi connectivity index (χ3n) is 3.12. The van der Waals surface area contributed by atoms with Crippen LogP contribution in [0.1, 0.15) is 31.9 Å². The predicted octanol–water partition coefficient (Wildman–Crippen LogP) is 1.94. The van der Waals surface area contributed by atoms with Gasteiger partial charge in [-0.05, 0) is 42.3 Å². The summed E-state index contributed by atoms with van der Waals surface area (Å²) in [6, 6.07) is 2.20. The van der Waals surface area contributed by atoms with Crippen LogP contribution >= 0.6 is 11.3 Å². The average molecular weight is 283 g/mol. The van der Waals surface area contributed by atoms with Crippen LogP contribution < -0.4 is 5.73 Å². The molecule has 1 amide bonds. The first-order chi connectivity index (χ1) is 8.97. The minimum Gasteiger partial charge on any atom is -0.348 e. The number of hydrogen-bond acceptors (Lipinski definition) is 4. The zero-order valence-electron chi connectivity index (χ0n) is 12.3. The van der Waals surface area contributed by atoms with Crippen molar-refractivity contribution < 1.29 is 4.79 Å². The quantitative estimate of drug-likeness (QED) is 0.832. The number of carbonyl (C=O) groups is 1. The Balaban J connectivity index is 2.90. The number of likely N-dealkylation sites (N-methyl/N-ethyl adjacent to an activating group) is 1. The summed E-state index contributed by atoms with van der Waals surface area (Å²) in [4.78, 5) is 15.8. The van der Waals surface area contributed by atoms with Crippen molar-refractivity contribution in [2.45, 2.75) is 32.4 Å². The first-order valence-electron chi connectivity index (χ1n) is 6.69. The van der Waals surface area contributed by atoms with E-state index >= 15 is 0 Å². The van der Waals surface area contributed by atoms with E-state index in [1.54, 1.807) is 30.3 Å². The van der Waals surface area contributed by atoms with E-state index in [0.29, 0.717) is 6.54 Å². The summed E-state index contributed by atoms with van der Waals surface area (Å²) in [7, 11) is 3.58. The van der Waals surface area contributed by atoms with E-state index in [9.17, 15) is 4.79 Å². The Labute approximate surface area is 120 Å². The van der Waals surface area contributed by atoms with Crippen LogP contribution in [0.5, 0.6) is 0 Å². The third-order valence-corrected chi connectivity index (χ3v) is 3.83. The molecule has 0 saturated heterocycles. The van der Waals surface area contributed by atoms with Crippen molar-refractivity contribution in [1.82, 2.24) is 9.80 Å². The lowest BCUT2D eigenvalue weighted by Gasteiger charge is -2.34. The Morgan fingerprint density at radius 3 is 2.58 bits per heavy atom. The summed E-state index contributed by atoms with van der Waals surface area (Å²) >= 11 is 1.67. The molecule has 2 unspecified atom stereocenters. The molecule has 0 fully saturated rings. The maximum Gasteiger partial charge on any atom is 0.236 e. The molecule has 0 aromatic carbocycles. The summed E-state index contributed by atoms with van der Waals surface area (Å²) in [5.74, 6) is 0.120. The summed E-state index contributed by atoms with van der Waals surface area (Å²) in [5, 5.41) is 4.18. The van der Waals surface area contributed by atoms with Gasteiger partial charge >= 0.3 is 0 Å². The summed E-state index contributed by atoms with van der Waals surface area (Å²) in [6.45, 7) is 5.43. The minimum absolute atomic E-state index is 0.00360. The van der Waals surface area contributed by atoms with Gasteiger partial charge in [-0.3, -0.25) is 9.69 Å².